The Morgan fingerprint density at radius 1 is 0.622 bits per heavy atom. The average Bonchev–Trinajstić information content (AvgIpc) is 3.88. The molecular weight excluding hydrogens is 653 g/mol. The number of ether oxygens (including phenoxy) is 2. The van der Waals surface area contributed by atoms with Crippen LogP contribution in [0.25, 0.3) is 29.3 Å². The van der Waals surface area contributed by atoms with Crippen LogP contribution in [0.4, 0.5) is 0 Å². The lowest BCUT2D eigenvalue weighted by Crippen LogP contribution is -2.30. The molecular formula is C37H44O3S5. The molecule has 0 saturated heterocycles. The molecule has 45 heavy (non-hydrogen) atoms. The van der Waals surface area contributed by atoms with E-state index < -0.39 is 10.8 Å². The van der Waals surface area contributed by atoms with Crippen molar-refractivity contribution in [3.05, 3.63) is 80.2 Å². The number of rotatable bonds is 18. The molecule has 1 fully saturated rings. The Morgan fingerprint density at radius 2 is 1.09 bits per heavy atom. The van der Waals surface area contributed by atoms with Crippen molar-refractivity contribution in [1.29, 1.82) is 0 Å². The topological polar surface area (TPSA) is 35.5 Å². The molecule has 5 heterocycles. The van der Waals surface area contributed by atoms with Gasteiger partial charge in [0, 0.05) is 47.9 Å². The molecule has 1 aliphatic carbocycles. The molecule has 8 heteroatoms. The van der Waals surface area contributed by atoms with Crippen LogP contribution in [-0.4, -0.2) is 30.6 Å². The monoisotopic (exact) mass is 696 g/mol. The minimum absolute atomic E-state index is 0.136. The number of unbranched alkanes of at least 4 members (excludes halogenated alkanes) is 6. The molecule has 0 spiro atoms. The average molecular weight is 697 g/mol. The van der Waals surface area contributed by atoms with Gasteiger partial charge in [-0.1, -0.05) is 64.5 Å². The van der Waals surface area contributed by atoms with Gasteiger partial charge in [-0.25, -0.2) is 4.21 Å². The van der Waals surface area contributed by atoms with Crippen LogP contribution < -0.4 is 0 Å². The van der Waals surface area contributed by atoms with Crippen molar-refractivity contribution < 1.29 is 13.7 Å². The highest BCUT2D eigenvalue weighted by atomic mass is 32.2. The van der Waals surface area contributed by atoms with E-state index in [-0.39, 0.29) is 5.41 Å². The van der Waals surface area contributed by atoms with Gasteiger partial charge in [-0.05, 0) is 84.0 Å². The van der Waals surface area contributed by atoms with Gasteiger partial charge < -0.3 is 9.47 Å². The molecule has 4 aromatic rings. The van der Waals surface area contributed by atoms with E-state index >= 15 is 0 Å². The standard InChI is InChI=1S/C37H44O3S5/c1-3-5-7-9-19-39-25-37(26-40-20-10-8-6-4-2)23-27-28(24-37)36(34-18-16-32(44-34)30-14-12-22-42-30)45(38)35(27)33-17-15-31(43-33)29-13-11-21-41-29/h11-18,21-22H,3-10,19-20,23-26H2,1-2H3. The zero-order valence-corrected chi connectivity index (χ0v) is 30.5. The van der Waals surface area contributed by atoms with Gasteiger partial charge in [-0.15, -0.1) is 45.3 Å². The summed E-state index contributed by atoms with van der Waals surface area (Å²) in [6.45, 7) is 7.46. The first kappa shape index (κ1) is 33.3. The predicted octanol–water partition coefficient (Wildman–Crippen LogP) is 12.1. The first-order chi connectivity index (χ1) is 22.1. The van der Waals surface area contributed by atoms with Gasteiger partial charge in [0.2, 0.25) is 0 Å². The maximum absolute atomic E-state index is 14.6. The Balaban J connectivity index is 1.33. The summed E-state index contributed by atoms with van der Waals surface area (Å²) >= 11 is 7.07. The second-order valence-corrected chi connectivity index (χ2v) is 17.7. The van der Waals surface area contributed by atoms with Crippen molar-refractivity contribution in [3.8, 4) is 19.5 Å². The maximum Gasteiger partial charge on any atom is 0.0884 e. The normalized spacial score (nSPS) is 16.4. The fourth-order valence-corrected chi connectivity index (χ4v) is 12.2. The number of thiophene rings is 4. The lowest BCUT2D eigenvalue weighted by atomic mass is 9.87. The summed E-state index contributed by atoms with van der Waals surface area (Å²) in [5.41, 5.74) is 2.42. The summed E-state index contributed by atoms with van der Waals surface area (Å²) in [4.78, 5) is 9.32. The van der Waals surface area contributed by atoms with E-state index in [4.69, 9.17) is 9.47 Å². The molecule has 0 atom stereocenters. The van der Waals surface area contributed by atoms with E-state index in [0.29, 0.717) is 13.2 Å². The first-order valence-corrected chi connectivity index (χ1v) is 21.0. The SMILES string of the molecule is CCCCCCOCC1(COCCCCCC)CC2=C(c3ccc(-c4cccs4)s3)S(=O)C(c3ccc(-c4cccs4)s3)=C2C1. The second-order valence-electron chi connectivity index (χ2n) is 12.2. The minimum atomic E-state index is -1.23. The fourth-order valence-electron chi connectivity index (χ4n) is 6.37. The first-order valence-electron chi connectivity index (χ1n) is 16.4. The summed E-state index contributed by atoms with van der Waals surface area (Å²) in [5, 5.41) is 4.25. The molecule has 1 saturated carbocycles. The molecule has 0 radical (unpaired) electrons. The van der Waals surface area contributed by atoms with E-state index in [1.807, 2.05) is 0 Å². The van der Waals surface area contributed by atoms with Gasteiger partial charge in [0.15, 0.2) is 0 Å². The molecule has 6 rings (SSSR count). The Labute approximate surface area is 287 Å². The summed E-state index contributed by atoms with van der Waals surface area (Å²) in [7, 11) is -1.23. The predicted molar refractivity (Wildman–Crippen MR) is 199 cm³/mol. The lowest BCUT2D eigenvalue weighted by Gasteiger charge is -2.29. The number of hydrogen-bond acceptors (Lipinski definition) is 7. The zero-order chi connectivity index (χ0) is 31.1. The van der Waals surface area contributed by atoms with E-state index in [0.717, 1.165) is 58.5 Å². The molecule has 0 N–H and O–H groups in total. The van der Waals surface area contributed by atoms with Crippen molar-refractivity contribution in [2.75, 3.05) is 26.4 Å². The molecule has 1 aliphatic heterocycles. The molecule has 4 aromatic heterocycles. The third-order valence-electron chi connectivity index (χ3n) is 8.68. The van der Waals surface area contributed by atoms with Gasteiger partial charge in [0.05, 0.1) is 33.8 Å². The second kappa shape index (κ2) is 16.0. The van der Waals surface area contributed by atoms with E-state index in [2.05, 4.69) is 73.1 Å². The minimum Gasteiger partial charge on any atom is -0.381 e. The van der Waals surface area contributed by atoms with Crippen LogP contribution in [0.15, 0.2) is 70.4 Å². The highest BCUT2D eigenvalue weighted by molar-refractivity contribution is 8.04. The van der Waals surface area contributed by atoms with Crippen molar-refractivity contribution in [1.82, 2.24) is 0 Å². The van der Waals surface area contributed by atoms with Gasteiger partial charge in [0.25, 0.3) is 0 Å². The van der Waals surface area contributed by atoms with Crippen LogP contribution in [0.3, 0.4) is 0 Å². The van der Waals surface area contributed by atoms with Crippen LogP contribution in [-0.2, 0) is 20.3 Å². The lowest BCUT2D eigenvalue weighted by molar-refractivity contribution is -0.0173. The Hall–Kier alpha value is -1.65. The van der Waals surface area contributed by atoms with Crippen molar-refractivity contribution in [2.24, 2.45) is 5.41 Å². The van der Waals surface area contributed by atoms with E-state index in [1.54, 1.807) is 45.3 Å². The largest absolute Gasteiger partial charge is 0.381 e. The number of fused-ring (bicyclic) bond motifs is 1. The van der Waals surface area contributed by atoms with Crippen LogP contribution in [0, 0.1) is 5.41 Å². The molecule has 2 aliphatic rings. The highest BCUT2D eigenvalue weighted by Crippen LogP contribution is 2.58. The summed E-state index contributed by atoms with van der Waals surface area (Å²) in [6, 6.07) is 17.3. The van der Waals surface area contributed by atoms with Gasteiger partial charge in [-0.3, -0.25) is 0 Å². The van der Waals surface area contributed by atoms with Gasteiger partial charge >= 0.3 is 0 Å². The molecule has 240 valence electrons. The van der Waals surface area contributed by atoms with Crippen LogP contribution in [0.2, 0.25) is 0 Å². The van der Waals surface area contributed by atoms with E-state index in [1.165, 1.54) is 69.2 Å². The molecule has 0 unspecified atom stereocenters. The third kappa shape index (κ3) is 7.75. The smallest absolute Gasteiger partial charge is 0.0884 e. The Kier molecular flexibility index (Phi) is 11.8. The fraction of sp³-hybridized carbons (Fsp3) is 0.459. The number of hydrogen-bond donors (Lipinski definition) is 0. The Bertz CT molecular complexity index is 1480. The summed E-state index contributed by atoms with van der Waals surface area (Å²) in [6.07, 6.45) is 11.3. The quantitative estimate of drug-likeness (QED) is 0.0972. The molecule has 0 amide bonds. The molecule has 0 aromatic carbocycles. The van der Waals surface area contributed by atoms with Gasteiger partial charge in [-0.2, -0.15) is 0 Å². The molecule has 0 bridgehead atoms. The third-order valence-corrected chi connectivity index (χ3v) is 14.9. The highest BCUT2D eigenvalue weighted by Gasteiger charge is 2.47. The maximum atomic E-state index is 14.6. The van der Waals surface area contributed by atoms with Crippen molar-refractivity contribution in [3.63, 3.8) is 0 Å². The van der Waals surface area contributed by atoms with Crippen LogP contribution in [0.1, 0.15) is 87.8 Å². The van der Waals surface area contributed by atoms with E-state index in [9.17, 15) is 4.21 Å². The molecule has 3 nitrogen and oxygen atoms in total. The van der Waals surface area contributed by atoms with Crippen molar-refractivity contribution >= 4 is 66.0 Å². The summed E-state index contributed by atoms with van der Waals surface area (Å²) in [5.74, 6) is 0. The zero-order valence-electron chi connectivity index (χ0n) is 26.4. The Morgan fingerprint density at radius 3 is 1.51 bits per heavy atom. The number of allylic oxidation sites excluding steroid dienone is 2. The van der Waals surface area contributed by atoms with Crippen LogP contribution in [0.5, 0.6) is 0 Å². The summed E-state index contributed by atoms with van der Waals surface area (Å²) < 4.78 is 27.5. The van der Waals surface area contributed by atoms with Crippen LogP contribution >= 0.6 is 45.3 Å². The van der Waals surface area contributed by atoms with Crippen molar-refractivity contribution in [2.45, 2.75) is 78.1 Å². The van der Waals surface area contributed by atoms with Gasteiger partial charge in [0.1, 0.15) is 0 Å².